The fourth-order valence-electron chi connectivity index (χ4n) is 2.87. The highest BCUT2D eigenvalue weighted by molar-refractivity contribution is 5.61. The minimum atomic E-state index is 0.763. The standard InChI is InChI=1S/C13H19N5/c1-10-3-2-4-11(7-10)8-15-12-13-17-16-9-18(13)6-5-14-12/h5-6,9-11H,2-4,7-8H2,1H3,(H,14,15). The topological polar surface area (TPSA) is 55.1 Å². The van der Waals surface area contributed by atoms with E-state index in [4.69, 9.17) is 0 Å². The van der Waals surface area contributed by atoms with Gasteiger partial charge < -0.3 is 5.32 Å². The molecule has 2 unspecified atom stereocenters. The number of anilines is 1. The van der Waals surface area contributed by atoms with Gasteiger partial charge in [-0.2, -0.15) is 0 Å². The Bertz CT molecular complexity index is 521. The second kappa shape index (κ2) is 4.92. The summed E-state index contributed by atoms with van der Waals surface area (Å²) in [4.78, 5) is 4.35. The number of rotatable bonds is 3. The molecule has 2 aromatic heterocycles. The lowest BCUT2D eigenvalue weighted by Gasteiger charge is -2.26. The lowest BCUT2D eigenvalue weighted by molar-refractivity contribution is 0.293. The monoisotopic (exact) mass is 245 g/mol. The first-order valence-corrected chi connectivity index (χ1v) is 6.71. The van der Waals surface area contributed by atoms with Gasteiger partial charge in [-0.3, -0.25) is 4.40 Å². The molecule has 1 aliphatic rings. The largest absolute Gasteiger partial charge is 0.367 e. The van der Waals surface area contributed by atoms with E-state index < -0.39 is 0 Å². The molecule has 3 rings (SSSR count). The molecule has 0 bridgehead atoms. The Hall–Kier alpha value is -1.65. The van der Waals surface area contributed by atoms with Crippen molar-refractivity contribution in [3.05, 3.63) is 18.7 Å². The van der Waals surface area contributed by atoms with E-state index in [0.29, 0.717) is 0 Å². The van der Waals surface area contributed by atoms with Crippen LogP contribution < -0.4 is 5.32 Å². The number of fused-ring (bicyclic) bond motifs is 1. The van der Waals surface area contributed by atoms with E-state index in [1.807, 2.05) is 10.6 Å². The zero-order valence-corrected chi connectivity index (χ0v) is 10.7. The number of aromatic nitrogens is 4. The fourth-order valence-corrected chi connectivity index (χ4v) is 2.87. The van der Waals surface area contributed by atoms with Crippen molar-refractivity contribution in [2.75, 3.05) is 11.9 Å². The maximum absolute atomic E-state index is 4.35. The number of hydrogen-bond donors (Lipinski definition) is 1. The molecule has 1 aliphatic carbocycles. The SMILES string of the molecule is CC1CCCC(CNc2nccn3cnnc23)C1. The van der Waals surface area contributed by atoms with Crippen LogP contribution in [-0.2, 0) is 0 Å². The molecule has 0 spiro atoms. The van der Waals surface area contributed by atoms with Crippen LogP contribution in [0.5, 0.6) is 0 Å². The third-order valence-corrected chi connectivity index (χ3v) is 3.82. The van der Waals surface area contributed by atoms with Gasteiger partial charge >= 0.3 is 0 Å². The molecular weight excluding hydrogens is 226 g/mol. The van der Waals surface area contributed by atoms with Gasteiger partial charge in [0.1, 0.15) is 6.33 Å². The lowest BCUT2D eigenvalue weighted by atomic mass is 9.82. The normalized spacial score (nSPS) is 24.3. The molecule has 0 aromatic carbocycles. The van der Waals surface area contributed by atoms with Gasteiger partial charge in [0, 0.05) is 18.9 Å². The maximum Gasteiger partial charge on any atom is 0.203 e. The molecule has 96 valence electrons. The molecule has 5 nitrogen and oxygen atoms in total. The van der Waals surface area contributed by atoms with Gasteiger partial charge in [-0.1, -0.05) is 19.8 Å². The second-order valence-electron chi connectivity index (χ2n) is 5.36. The molecule has 1 fully saturated rings. The smallest absolute Gasteiger partial charge is 0.203 e. The average Bonchev–Trinajstić information content (AvgIpc) is 2.85. The van der Waals surface area contributed by atoms with Gasteiger partial charge in [0.2, 0.25) is 5.65 Å². The van der Waals surface area contributed by atoms with Crippen LogP contribution in [0.4, 0.5) is 5.82 Å². The van der Waals surface area contributed by atoms with Crippen molar-refractivity contribution < 1.29 is 0 Å². The number of hydrogen-bond acceptors (Lipinski definition) is 4. The summed E-state index contributed by atoms with van der Waals surface area (Å²) in [5.41, 5.74) is 0.807. The van der Waals surface area contributed by atoms with Crippen LogP contribution in [0.3, 0.4) is 0 Å². The number of nitrogens with one attached hydrogen (secondary N) is 1. The predicted molar refractivity (Wildman–Crippen MR) is 70.4 cm³/mol. The van der Waals surface area contributed by atoms with E-state index in [0.717, 1.165) is 29.8 Å². The quantitative estimate of drug-likeness (QED) is 0.902. The van der Waals surface area contributed by atoms with Crippen molar-refractivity contribution in [2.24, 2.45) is 11.8 Å². The highest BCUT2D eigenvalue weighted by atomic mass is 15.2. The third kappa shape index (κ3) is 2.30. The molecule has 1 saturated carbocycles. The molecule has 18 heavy (non-hydrogen) atoms. The highest BCUT2D eigenvalue weighted by Crippen LogP contribution is 2.28. The van der Waals surface area contributed by atoms with Gasteiger partial charge in [-0.25, -0.2) is 4.98 Å². The van der Waals surface area contributed by atoms with Crippen LogP contribution in [0.1, 0.15) is 32.6 Å². The minimum Gasteiger partial charge on any atom is -0.367 e. The summed E-state index contributed by atoms with van der Waals surface area (Å²) in [5, 5.41) is 11.4. The summed E-state index contributed by atoms with van der Waals surface area (Å²) in [7, 11) is 0. The first kappa shape index (κ1) is 11.4. The van der Waals surface area contributed by atoms with Gasteiger partial charge in [0.25, 0.3) is 0 Å². The van der Waals surface area contributed by atoms with Crippen LogP contribution in [0.15, 0.2) is 18.7 Å². The second-order valence-corrected chi connectivity index (χ2v) is 5.36. The van der Waals surface area contributed by atoms with Crippen molar-refractivity contribution in [2.45, 2.75) is 32.6 Å². The molecule has 2 heterocycles. The van der Waals surface area contributed by atoms with E-state index in [1.54, 1.807) is 12.5 Å². The highest BCUT2D eigenvalue weighted by Gasteiger charge is 2.19. The molecule has 0 aliphatic heterocycles. The Balaban J connectivity index is 1.67. The van der Waals surface area contributed by atoms with Crippen LogP contribution in [0.2, 0.25) is 0 Å². The molecule has 5 heteroatoms. The summed E-state index contributed by atoms with van der Waals surface area (Å²) in [6.45, 7) is 3.34. The molecule has 0 amide bonds. The van der Waals surface area contributed by atoms with Crippen LogP contribution in [-0.4, -0.2) is 26.1 Å². The fraction of sp³-hybridized carbons (Fsp3) is 0.615. The zero-order valence-electron chi connectivity index (χ0n) is 10.7. The summed E-state index contributed by atoms with van der Waals surface area (Å²) in [6, 6.07) is 0. The maximum atomic E-state index is 4.35. The van der Waals surface area contributed by atoms with Gasteiger partial charge in [0.15, 0.2) is 5.82 Å². The first-order valence-electron chi connectivity index (χ1n) is 6.71. The van der Waals surface area contributed by atoms with Gasteiger partial charge in [0.05, 0.1) is 0 Å². The molecular formula is C13H19N5. The van der Waals surface area contributed by atoms with Crippen molar-refractivity contribution in [1.82, 2.24) is 19.6 Å². The Labute approximate surface area is 107 Å². The van der Waals surface area contributed by atoms with E-state index >= 15 is 0 Å². The molecule has 2 aromatic rings. The van der Waals surface area contributed by atoms with E-state index in [-0.39, 0.29) is 0 Å². The van der Waals surface area contributed by atoms with Crippen molar-refractivity contribution in [3.63, 3.8) is 0 Å². The minimum absolute atomic E-state index is 0.763. The van der Waals surface area contributed by atoms with Crippen molar-refractivity contribution >= 4 is 11.5 Å². The Kier molecular flexibility index (Phi) is 3.13. The molecule has 0 radical (unpaired) electrons. The van der Waals surface area contributed by atoms with Gasteiger partial charge in [-0.05, 0) is 24.7 Å². The first-order chi connectivity index (χ1) is 8.83. The lowest BCUT2D eigenvalue weighted by Crippen LogP contribution is -2.21. The Morgan fingerprint density at radius 1 is 1.44 bits per heavy atom. The molecule has 0 saturated heterocycles. The molecule has 1 N–H and O–H groups in total. The summed E-state index contributed by atoms with van der Waals surface area (Å²) < 4.78 is 1.89. The van der Waals surface area contributed by atoms with Crippen LogP contribution >= 0.6 is 0 Å². The molecule has 2 atom stereocenters. The summed E-state index contributed by atoms with van der Waals surface area (Å²) in [5.74, 6) is 2.47. The van der Waals surface area contributed by atoms with Crippen LogP contribution in [0, 0.1) is 11.8 Å². The summed E-state index contributed by atoms with van der Waals surface area (Å²) in [6.07, 6.45) is 10.7. The zero-order chi connectivity index (χ0) is 12.4. The van der Waals surface area contributed by atoms with E-state index in [1.165, 1.54) is 25.7 Å². The van der Waals surface area contributed by atoms with Crippen molar-refractivity contribution in [3.8, 4) is 0 Å². The third-order valence-electron chi connectivity index (χ3n) is 3.82. The summed E-state index contributed by atoms with van der Waals surface area (Å²) >= 11 is 0. The van der Waals surface area contributed by atoms with E-state index in [9.17, 15) is 0 Å². The Morgan fingerprint density at radius 2 is 2.39 bits per heavy atom. The van der Waals surface area contributed by atoms with Gasteiger partial charge in [-0.15, -0.1) is 10.2 Å². The average molecular weight is 245 g/mol. The predicted octanol–water partition coefficient (Wildman–Crippen LogP) is 2.36. The Morgan fingerprint density at radius 3 is 3.28 bits per heavy atom. The van der Waals surface area contributed by atoms with Crippen LogP contribution in [0.25, 0.3) is 5.65 Å². The van der Waals surface area contributed by atoms with E-state index in [2.05, 4.69) is 27.4 Å². The van der Waals surface area contributed by atoms with Crippen molar-refractivity contribution in [1.29, 1.82) is 0 Å². The number of nitrogens with zero attached hydrogens (tertiary/aromatic N) is 4.